The Morgan fingerprint density at radius 2 is 2.13 bits per heavy atom. The van der Waals surface area contributed by atoms with E-state index in [9.17, 15) is 21.6 Å². The van der Waals surface area contributed by atoms with Crippen LogP contribution in [0.5, 0.6) is 0 Å². The molecule has 0 bridgehead atoms. The lowest BCUT2D eigenvalue weighted by Crippen LogP contribution is -2.35. The minimum atomic E-state index is -3.89. The van der Waals surface area contributed by atoms with Gasteiger partial charge in [-0.15, -0.1) is 6.58 Å². The maximum Gasteiger partial charge on any atom is 0.251 e. The van der Waals surface area contributed by atoms with Gasteiger partial charge in [0, 0.05) is 18.2 Å². The number of sulfonamides is 1. The van der Waals surface area contributed by atoms with E-state index in [4.69, 9.17) is 0 Å². The van der Waals surface area contributed by atoms with Crippen molar-refractivity contribution in [1.29, 1.82) is 0 Å². The summed E-state index contributed by atoms with van der Waals surface area (Å²) >= 11 is 0. The van der Waals surface area contributed by atoms with Gasteiger partial charge in [0.15, 0.2) is 9.84 Å². The van der Waals surface area contributed by atoms with Crippen molar-refractivity contribution in [2.45, 2.75) is 17.4 Å². The van der Waals surface area contributed by atoms with Crippen LogP contribution in [0.4, 0.5) is 0 Å². The van der Waals surface area contributed by atoms with E-state index in [0.717, 1.165) is 0 Å². The molecule has 1 unspecified atom stereocenters. The van der Waals surface area contributed by atoms with Crippen LogP contribution < -0.4 is 10.0 Å². The predicted octanol–water partition coefficient (Wildman–Crippen LogP) is 0.0678. The van der Waals surface area contributed by atoms with Crippen LogP contribution in [0.25, 0.3) is 0 Å². The van der Waals surface area contributed by atoms with Gasteiger partial charge in [0.05, 0.1) is 16.4 Å². The maximum absolute atomic E-state index is 12.3. The van der Waals surface area contributed by atoms with Crippen LogP contribution in [-0.4, -0.2) is 46.8 Å². The van der Waals surface area contributed by atoms with Crippen LogP contribution >= 0.6 is 0 Å². The molecule has 1 aromatic rings. The van der Waals surface area contributed by atoms with Crippen LogP contribution in [0.1, 0.15) is 16.8 Å². The van der Waals surface area contributed by atoms with E-state index in [1.165, 1.54) is 30.3 Å². The van der Waals surface area contributed by atoms with Gasteiger partial charge in [0.2, 0.25) is 10.0 Å². The summed E-state index contributed by atoms with van der Waals surface area (Å²) in [6.45, 7) is 3.75. The van der Waals surface area contributed by atoms with E-state index in [0.29, 0.717) is 0 Å². The highest BCUT2D eigenvalue weighted by molar-refractivity contribution is 7.92. The Kier molecular flexibility index (Phi) is 5.23. The maximum atomic E-state index is 12.3. The van der Waals surface area contributed by atoms with Crippen molar-refractivity contribution < 1.29 is 21.6 Å². The fourth-order valence-electron chi connectivity index (χ4n) is 2.25. The van der Waals surface area contributed by atoms with Gasteiger partial charge >= 0.3 is 0 Å². The summed E-state index contributed by atoms with van der Waals surface area (Å²) < 4.78 is 49.9. The van der Waals surface area contributed by atoms with Crippen LogP contribution in [-0.2, 0) is 19.9 Å². The average molecular weight is 358 g/mol. The molecule has 1 heterocycles. The molecule has 1 saturated heterocycles. The van der Waals surface area contributed by atoms with Crippen LogP contribution in [0.2, 0.25) is 0 Å². The summed E-state index contributed by atoms with van der Waals surface area (Å²) in [7, 11) is -7.07. The number of hydrogen-bond donors (Lipinski definition) is 2. The molecule has 0 spiro atoms. The zero-order chi connectivity index (χ0) is 17.1. The molecule has 0 saturated carbocycles. The Balaban J connectivity index is 2.17. The first-order chi connectivity index (χ1) is 10.7. The van der Waals surface area contributed by atoms with Crippen molar-refractivity contribution in [1.82, 2.24) is 10.0 Å². The van der Waals surface area contributed by atoms with Gasteiger partial charge in [-0.2, -0.15) is 0 Å². The van der Waals surface area contributed by atoms with Crippen LogP contribution in [0.15, 0.2) is 41.8 Å². The highest BCUT2D eigenvalue weighted by Gasteiger charge is 2.31. The lowest BCUT2D eigenvalue weighted by Gasteiger charge is -2.12. The summed E-state index contributed by atoms with van der Waals surface area (Å²) in [5.74, 6) is -0.638. The van der Waals surface area contributed by atoms with Gasteiger partial charge < -0.3 is 5.32 Å². The zero-order valence-electron chi connectivity index (χ0n) is 12.4. The molecule has 0 aliphatic carbocycles. The first kappa shape index (κ1) is 17.6. The summed E-state index contributed by atoms with van der Waals surface area (Å²) in [5, 5.41) is 2.56. The van der Waals surface area contributed by atoms with E-state index in [1.807, 2.05) is 0 Å². The van der Waals surface area contributed by atoms with Gasteiger partial charge in [-0.3, -0.25) is 4.79 Å². The highest BCUT2D eigenvalue weighted by atomic mass is 32.2. The summed E-state index contributed by atoms with van der Waals surface area (Å²) in [6.07, 6.45) is 1.77. The Morgan fingerprint density at radius 3 is 2.74 bits per heavy atom. The molecule has 2 rings (SSSR count). The third-order valence-corrected chi connectivity index (χ3v) is 6.65. The van der Waals surface area contributed by atoms with Gasteiger partial charge in [-0.05, 0) is 24.6 Å². The monoisotopic (exact) mass is 358 g/mol. The van der Waals surface area contributed by atoms with E-state index < -0.39 is 31.8 Å². The van der Waals surface area contributed by atoms with Crippen molar-refractivity contribution in [3.63, 3.8) is 0 Å². The second-order valence-corrected chi connectivity index (χ2v) is 9.19. The highest BCUT2D eigenvalue weighted by Crippen LogP contribution is 2.16. The van der Waals surface area contributed by atoms with Gasteiger partial charge in [-0.25, -0.2) is 21.6 Å². The largest absolute Gasteiger partial charge is 0.349 e. The van der Waals surface area contributed by atoms with Gasteiger partial charge in [0.25, 0.3) is 5.91 Å². The SMILES string of the molecule is C=CCNC(=O)c1cccc(S(=O)(=O)NC2CCS(=O)(=O)C2)c1. The zero-order valence-corrected chi connectivity index (χ0v) is 14.0. The van der Waals surface area contributed by atoms with Crippen LogP contribution in [0.3, 0.4) is 0 Å². The van der Waals surface area contributed by atoms with E-state index in [-0.39, 0.29) is 34.9 Å². The number of carbonyl (C=O) groups excluding carboxylic acids is 1. The topological polar surface area (TPSA) is 109 Å². The first-order valence-electron chi connectivity index (χ1n) is 6.95. The second-order valence-electron chi connectivity index (χ2n) is 5.25. The molecule has 1 atom stereocenters. The molecular weight excluding hydrogens is 340 g/mol. The number of hydrogen-bond acceptors (Lipinski definition) is 5. The normalized spacial score (nSPS) is 20.1. The number of amides is 1. The van der Waals surface area contributed by atoms with Crippen molar-refractivity contribution >= 4 is 25.8 Å². The molecule has 126 valence electrons. The Labute approximate surface area is 135 Å². The smallest absolute Gasteiger partial charge is 0.251 e. The lowest BCUT2D eigenvalue weighted by atomic mass is 10.2. The minimum absolute atomic E-state index is 0.0236. The van der Waals surface area contributed by atoms with E-state index in [2.05, 4.69) is 16.6 Å². The van der Waals surface area contributed by atoms with Gasteiger partial charge in [0.1, 0.15) is 0 Å². The molecule has 1 fully saturated rings. The molecule has 1 amide bonds. The van der Waals surface area contributed by atoms with Crippen molar-refractivity contribution in [3.05, 3.63) is 42.5 Å². The Morgan fingerprint density at radius 1 is 1.39 bits per heavy atom. The molecule has 23 heavy (non-hydrogen) atoms. The van der Waals surface area contributed by atoms with Crippen molar-refractivity contribution in [2.24, 2.45) is 0 Å². The number of nitrogens with one attached hydrogen (secondary N) is 2. The number of sulfone groups is 1. The van der Waals surface area contributed by atoms with E-state index >= 15 is 0 Å². The summed E-state index contributed by atoms with van der Waals surface area (Å²) in [4.78, 5) is 11.8. The first-order valence-corrected chi connectivity index (χ1v) is 10.3. The van der Waals surface area contributed by atoms with E-state index in [1.54, 1.807) is 0 Å². The molecule has 0 radical (unpaired) electrons. The average Bonchev–Trinajstić information content (AvgIpc) is 2.83. The second kappa shape index (κ2) is 6.81. The standard InChI is InChI=1S/C14H18N2O5S2/c1-2-7-15-14(17)11-4-3-5-13(9-11)23(20,21)16-12-6-8-22(18,19)10-12/h2-5,9,12,16H,1,6-8,10H2,(H,15,17). The molecular formula is C14H18N2O5S2. The minimum Gasteiger partial charge on any atom is -0.349 e. The van der Waals surface area contributed by atoms with Gasteiger partial charge in [-0.1, -0.05) is 12.1 Å². The molecule has 1 aliphatic heterocycles. The third-order valence-electron chi connectivity index (χ3n) is 3.37. The molecule has 0 aromatic heterocycles. The Bertz CT molecular complexity index is 815. The number of benzene rings is 1. The van der Waals surface area contributed by atoms with Crippen molar-refractivity contribution in [2.75, 3.05) is 18.1 Å². The summed E-state index contributed by atoms with van der Waals surface area (Å²) in [5.41, 5.74) is 0.203. The number of carbonyl (C=O) groups is 1. The van der Waals surface area contributed by atoms with Crippen molar-refractivity contribution in [3.8, 4) is 0 Å². The third kappa shape index (κ3) is 4.63. The fraction of sp³-hybridized carbons (Fsp3) is 0.357. The number of rotatable bonds is 6. The molecule has 2 N–H and O–H groups in total. The Hall–Kier alpha value is -1.71. The lowest BCUT2D eigenvalue weighted by molar-refractivity contribution is 0.0958. The predicted molar refractivity (Wildman–Crippen MR) is 86.4 cm³/mol. The molecule has 1 aliphatic rings. The molecule has 7 nitrogen and oxygen atoms in total. The quantitative estimate of drug-likeness (QED) is 0.699. The van der Waals surface area contributed by atoms with Crippen LogP contribution in [0, 0.1) is 0 Å². The fourth-order valence-corrected chi connectivity index (χ4v) is 5.34. The molecule has 1 aromatic carbocycles. The molecule has 9 heteroatoms. The summed E-state index contributed by atoms with van der Waals surface area (Å²) in [6, 6.07) is 4.93.